The minimum atomic E-state index is -2.02. The van der Waals surface area contributed by atoms with Gasteiger partial charge in [0, 0.05) is 27.4 Å². The Bertz CT molecular complexity index is 1610. The van der Waals surface area contributed by atoms with Crippen molar-refractivity contribution in [2.45, 2.75) is 129 Å². The Morgan fingerprint density at radius 3 is 2.22 bits per heavy atom. The molecule has 3 rings (SSSR count). The second-order valence-electron chi connectivity index (χ2n) is 17.4. The van der Waals surface area contributed by atoms with Gasteiger partial charge in [-0.25, -0.2) is 9.59 Å². The van der Waals surface area contributed by atoms with E-state index in [1.807, 2.05) is 44.2 Å². The van der Waals surface area contributed by atoms with Gasteiger partial charge in [-0.05, 0) is 87.1 Å². The molecule has 1 fully saturated rings. The number of carbonyl (C=O) groups excluding carboxylic acids is 2. The predicted molar refractivity (Wildman–Crippen MR) is 223 cm³/mol. The molecule has 306 valence electrons. The minimum Gasteiger partial charge on any atom is -0.497 e. The predicted octanol–water partition coefficient (Wildman–Crippen LogP) is 9.92. The topological polar surface area (TPSA) is 108 Å². The van der Waals surface area contributed by atoms with Crippen molar-refractivity contribution in [3.8, 4) is 11.5 Å². The summed E-state index contributed by atoms with van der Waals surface area (Å²) in [4.78, 5) is 27.1. The van der Waals surface area contributed by atoms with Crippen LogP contribution in [0.4, 0.5) is 0 Å². The minimum absolute atomic E-state index is 0.0206. The first-order chi connectivity index (χ1) is 25.6. The molecule has 2 aromatic carbocycles. The van der Waals surface area contributed by atoms with E-state index in [2.05, 4.69) is 67.4 Å². The molecule has 1 unspecified atom stereocenters. The van der Waals surface area contributed by atoms with Gasteiger partial charge in [-0.2, -0.15) is 0 Å². The summed E-state index contributed by atoms with van der Waals surface area (Å²) < 4.78 is 48.1. The zero-order valence-corrected chi connectivity index (χ0v) is 37.6. The van der Waals surface area contributed by atoms with Crippen molar-refractivity contribution in [1.29, 1.82) is 0 Å². The maximum atomic E-state index is 13.6. The molecule has 0 bridgehead atoms. The zero-order valence-electron chi connectivity index (χ0n) is 35.6. The van der Waals surface area contributed by atoms with Gasteiger partial charge >= 0.3 is 11.9 Å². The third-order valence-corrected chi connectivity index (χ3v) is 16.3. The Hall–Kier alpha value is -3.27. The average molecular weight is 799 g/mol. The number of methoxy groups -OCH3 is 2. The first-order valence-corrected chi connectivity index (χ1v) is 25.8. The van der Waals surface area contributed by atoms with E-state index < -0.39 is 52.4 Å². The summed E-state index contributed by atoms with van der Waals surface area (Å²) in [7, 11) is -0.400. The maximum absolute atomic E-state index is 13.6. The van der Waals surface area contributed by atoms with Crippen LogP contribution < -0.4 is 9.47 Å². The normalized spacial score (nSPS) is 19.3. The van der Waals surface area contributed by atoms with Gasteiger partial charge in [0.2, 0.25) is 0 Å². The number of hydrogen-bond donors (Lipinski definition) is 0. The molecule has 0 saturated carbocycles. The molecule has 0 aliphatic carbocycles. The van der Waals surface area contributed by atoms with Crippen molar-refractivity contribution < 1.29 is 47.2 Å². The highest BCUT2D eigenvalue weighted by atomic mass is 28.4. The number of benzene rings is 2. The fourth-order valence-corrected chi connectivity index (χ4v) is 7.87. The average Bonchev–Trinajstić information content (AvgIpc) is 3.41. The summed E-state index contributed by atoms with van der Waals surface area (Å²) in [5, 5.41) is 0.0674. The summed E-state index contributed by atoms with van der Waals surface area (Å²) >= 11 is 0. The van der Waals surface area contributed by atoms with Gasteiger partial charge < -0.3 is 37.6 Å². The molecule has 1 aliphatic heterocycles. The maximum Gasteiger partial charge on any atom is 0.342 e. The summed E-state index contributed by atoms with van der Waals surface area (Å²) in [6.45, 7) is 26.0. The van der Waals surface area contributed by atoms with Crippen LogP contribution in [0.25, 0.3) is 6.08 Å². The SMILES string of the molecule is COCOc1cc(OC)cc(/C=C/C[C@H]2OC(C)(C)O[C@@H]2C(/C=C\[C@H](C)[C@H](C)O[Si](C)(C)C(C)(C)C)OC(=O)c2ccccc2)c1C(=O)OCC[Si](C)(C)C. The van der Waals surface area contributed by atoms with E-state index >= 15 is 0 Å². The van der Waals surface area contributed by atoms with Crippen LogP contribution in [0.5, 0.6) is 11.5 Å². The molecule has 0 radical (unpaired) electrons. The van der Waals surface area contributed by atoms with E-state index in [1.54, 1.807) is 43.5 Å². The quantitative estimate of drug-likeness (QED) is 0.0590. The highest BCUT2D eigenvalue weighted by molar-refractivity contribution is 6.76. The molecule has 1 heterocycles. The molecule has 12 heteroatoms. The van der Waals surface area contributed by atoms with E-state index in [0.29, 0.717) is 29.9 Å². The standard InChI is InChI=1S/C43H66O10Si2/c1-30(31(2)53-55(13,14)42(3,4)5)23-24-35(50-40(44)32-19-16-15-17-20-32)39-36(51-43(6,7)52-39)22-18-21-33-27-34(47-9)28-37(49-29-46-8)38(33)41(45)48-25-26-54(10,11)12/h15-21,23-24,27-28,30-31,35-36,39H,22,25-26,29H2,1-14H3/b21-18+,24-23-/t30-,31-,35?,36+,39+/m0/s1. The zero-order chi connectivity index (χ0) is 41.2. The van der Waals surface area contributed by atoms with Gasteiger partial charge in [0.1, 0.15) is 29.3 Å². The third kappa shape index (κ3) is 14.0. The van der Waals surface area contributed by atoms with Gasteiger partial charge in [0.15, 0.2) is 20.9 Å². The van der Waals surface area contributed by atoms with E-state index in [-0.39, 0.29) is 35.2 Å². The molecule has 1 aliphatic rings. The molecule has 0 N–H and O–H groups in total. The summed E-state index contributed by atoms with van der Waals surface area (Å²) in [5.41, 5.74) is 1.26. The van der Waals surface area contributed by atoms with Gasteiger partial charge in [0.25, 0.3) is 0 Å². The molecule has 5 atom stereocenters. The molecular formula is C43H66O10Si2. The first kappa shape index (κ1) is 46.1. The van der Waals surface area contributed by atoms with Crippen molar-refractivity contribution in [3.63, 3.8) is 0 Å². The number of hydrogen-bond acceptors (Lipinski definition) is 10. The van der Waals surface area contributed by atoms with Crippen LogP contribution in [0.2, 0.25) is 43.8 Å². The fraction of sp³-hybridized carbons (Fsp3) is 0.581. The monoisotopic (exact) mass is 798 g/mol. The number of rotatable bonds is 19. The first-order valence-electron chi connectivity index (χ1n) is 19.2. The highest BCUT2D eigenvalue weighted by Gasteiger charge is 2.46. The van der Waals surface area contributed by atoms with Crippen LogP contribution in [-0.2, 0) is 28.1 Å². The molecular weight excluding hydrogens is 733 g/mol. The van der Waals surface area contributed by atoms with E-state index in [9.17, 15) is 9.59 Å². The lowest BCUT2D eigenvalue weighted by Crippen LogP contribution is -2.44. The Labute approximate surface area is 332 Å². The van der Waals surface area contributed by atoms with E-state index in [0.717, 1.165) is 6.04 Å². The second kappa shape index (κ2) is 19.7. The number of esters is 2. The molecule has 0 spiro atoms. The van der Waals surface area contributed by atoms with Gasteiger partial charge in [-0.3, -0.25) is 0 Å². The Balaban J connectivity index is 1.97. The lowest BCUT2D eigenvalue weighted by Gasteiger charge is -2.39. The fourth-order valence-electron chi connectivity index (χ4n) is 5.66. The van der Waals surface area contributed by atoms with Crippen molar-refractivity contribution in [3.05, 3.63) is 77.4 Å². The van der Waals surface area contributed by atoms with Crippen molar-refractivity contribution in [1.82, 2.24) is 0 Å². The van der Waals surface area contributed by atoms with Crippen molar-refractivity contribution in [2.75, 3.05) is 27.6 Å². The third-order valence-electron chi connectivity index (χ3n) is 10.1. The molecule has 10 nitrogen and oxygen atoms in total. The Morgan fingerprint density at radius 2 is 1.62 bits per heavy atom. The van der Waals surface area contributed by atoms with Crippen LogP contribution in [0.15, 0.2) is 60.7 Å². The Morgan fingerprint density at radius 1 is 0.945 bits per heavy atom. The largest absolute Gasteiger partial charge is 0.497 e. The molecule has 2 aromatic rings. The van der Waals surface area contributed by atoms with Crippen LogP contribution in [0.1, 0.15) is 81.2 Å². The lowest BCUT2D eigenvalue weighted by molar-refractivity contribution is -0.152. The van der Waals surface area contributed by atoms with Crippen LogP contribution in [0, 0.1) is 5.92 Å². The van der Waals surface area contributed by atoms with Crippen LogP contribution in [-0.4, -0.2) is 86.2 Å². The lowest BCUT2D eigenvalue weighted by atomic mass is 9.99. The van der Waals surface area contributed by atoms with E-state index in [1.165, 1.54) is 7.11 Å². The smallest absolute Gasteiger partial charge is 0.342 e. The molecule has 1 saturated heterocycles. The highest BCUT2D eigenvalue weighted by Crippen LogP contribution is 2.39. The number of carbonyl (C=O) groups is 2. The van der Waals surface area contributed by atoms with Crippen molar-refractivity contribution in [2.24, 2.45) is 5.92 Å². The summed E-state index contributed by atoms with van der Waals surface area (Å²) in [6.07, 6.45) is 6.05. The van der Waals surface area contributed by atoms with Gasteiger partial charge in [-0.1, -0.05) is 83.8 Å². The summed E-state index contributed by atoms with van der Waals surface area (Å²) in [6, 6.07) is 13.1. The van der Waals surface area contributed by atoms with Crippen LogP contribution in [0.3, 0.4) is 0 Å². The number of ether oxygens (including phenoxy) is 7. The van der Waals surface area contributed by atoms with Crippen LogP contribution >= 0.6 is 0 Å². The Kier molecular flexibility index (Phi) is 16.6. The molecule has 0 amide bonds. The van der Waals surface area contributed by atoms with Gasteiger partial charge in [-0.15, -0.1) is 0 Å². The second-order valence-corrected chi connectivity index (χ2v) is 27.8. The molecule has 55 heavy (non-hydrogen) atoms. The molecule has 0 aromatic heterocycles. The van der Waals surface area contributed by atoms with Crippen molar-refractivity contribution >= 4 is 34.4 Å². The summed E-state index contributed by atoms with van der Waals surface area (Å²) in [5.74, 6) is -1.10. The van der Waals surface area contributed by atoms with Gasteiger partial charge in [0.05, 0.1) is 25.4 Å². The van der Waals surface area contributed by atoms with E-state index in [4.69, 9.17) is 37.6 Å².